The van der Waals surface area contributed by atoms with Crippen LogP contribution in [0.3, 0.4) is 0 Å². The first-order chi connectivity index (χ1) is 20.6. The van der Waals surface area contributed by atoms with Crippen LogP contribution in [0.4, 0.5) is 15.3 Å². The summed E-state index contributed by atoms with van der Waals surface area (Å²) in [7, 11) is -3.82. The van der Waals surface area contributed by atoms with E-state index in [-0.39, 0.29) is 18.5 Å². The second kappa shape index (κ2) is 11.4. The van der Waals surface area contributed by atoms with Crippen LogP contribution in [0.5, 0.6) is 0 Å². The summed E-state index contributed by atoms with van der Waals surface area (Å²) in [5.41, 5.74) is 1.38. The molecule has 2 aliphatic carbocycles. The van der Waals surface area contributed by atoms with Gasteiger partial charge in [-0.15, -0.1) is 0 Å². The molecule has 4 amide bonds. The van der Waals surface area contributed by atoms with Gasteiger partial charge in [-0.05, 0) is 57.1 Å². The summed E-state index contributed by atoms with van der Waals surface area (Å²) in [5.74, 6) is 0.502. The summed E-state index contributed by atoms with van der Waals surface area (Å²) >= 11 is 0. The number of hydrogen-bond acceptors (Lipinski definition) is 7. The van der Waals surface area contributed by atoms with Gasteiger partial charge in [-0.3, -0.25) is 9.69 Å². The van der Waals surface area contributed by atoms with Gasteiger partial charge in [0.2, 0.25) is 15.9 Å². The number of amides is 4. The number of sulfonamides is 1. The zero-order valence-corrected chi connectivity index (χ0v) is 25.0. The number of nitrogens with one attached hydrogen (secondary N) is 3. The van der Waals surface area contributed by atoms with Crippen LogP contribution in [0, 0.1) is 12.8 Å². The lowest BCUT2D eigenvalue weighted by molar-refractivity contribution is -0.125. The zero-order valence-electron chi connectivity index (χ0n) is 24.1. The van der Waals surface area contributed by atoms with Crippen LogP contribution in [0.25, 0.3) is 0 Å². The van der Waals surface area contributed by atoms with Crippen molar-refractivity contribution >= 4 is 39.7 Å². The molecule has 4 unspecified atom stereocenters. The maximum absolute atomic E-state index is 13.9. The number of urea groups is 1. The van der Waals surface area contributed by atoms with E-state index in [1.54, 1.807) is 11.0 Å². The van der Waals surface area contributed by atoms with Gasteiger partial charge in [-0.1, -0.05) is 36.3 Å². The average molecular weight is 612 g/mol. The highest BCUT2D eigenvalue weighted by molar-refractivity contribution is 7.90. The lowest BCUT2D eigenvalue weighted by atomic mass is 10.1. The Balaban J connectivity index is 1.24. The molecule has 4 atom stereocenters. The van der Waals surface area contributed by atoms with E-state index in [4.69, 9.17) is 4.74 Å². The van der Waals surface area contributed by atoms with Crippen molar-refractivity contribution < 1.29 is 32.3 Å². The normalized spacial score (nSPS) is 29.3. The number of aryl methyl sites for hydroxylation is 1. The summed E-state index contributed by atoms with van der Waals surface area (Å²) in [6.07, 6.45) is 7.18. The minimum Gasteiger partial charge on any atom is -0.444 e. The van der Waals surface area contributed by atoms with E-state index in [1.807, 2.05) is 37.1 Å². The molecule has 2 saturated carbocycles. The second-order valence-corrected chi connectivity index (χ2v) is 14.1. The fourth-order valence-electron chi connectivity index (χ4n) is 6.37. The number of carbonyl (C=O) groups excluding carboxylic acids is 4. The van der Waals surface area contributed by atoms with E-state index in [0.717, 1.165) is 36.1 Å². The predicted molar refractivity (Wildman–Crippen MR) is 157 cm³/mol. The zero-order chi connectivity index (χ0) is 30.4. The van der Waals surface area contributed by atoms with E-state index >= 15 is 0 Å². The van der Waals surface area contributed by atoms with Crippen molar-refractivity contribution in [3.05, 3.63) is 47.1 Å². The van der Waals surface area contributed by atoms with Crippen molar-refractivity contribution in [1.29, 1.82) is 0 Å². The van der Waals surface area contributed by atoms with E-state index < -0.39 is 57.0 Å². The van der Waals surface area contributed by atoms with Gasteiger partial charge in [-0.25, -0.2) is 22.8 Å². The molecule has 13 heteroatoms. The quantitative estimate of drug-likeness (QED) is 0.348. The van der Waals surface area contributed by atoms with E-state index in [1.165, 1.54) is 4.90 Å². The maximum atomic E-state index is 13.9. The molecule has 0 radical (unpaired) electrons. The molecule has 43 heavy (non-hydrogen) atoms. The first kappa shape index (κ1) is 29.4. The van der Waals surface area contributed by atoms with Crippen molar-refractivity contribution in [2.75, 3.05) is 24.5 Å². The number of anilines is 1. The highest BCUT2D eigenvalue weighted by Gasteiger charge is 2.65. The van der Waals surface area contributed by atoms with E-state index in [9.17, 15) is 27.6 Å². The standard InChI is InChI=1S/C30H37N5O7S/c1-19-8-11-25-20(15-19)12-14-34(25)29(39)42-21-16-26-27(37)32-30(33-43(40,41)22-9-10-22)23(24(30)18-36)7-5-3-2-4-6-13-31-28(38)35(26)17-21/h5,7-8,11,15,21-23,26,33H,2-4,6,9-10,12-14,16-17H2,1H3,(H,31,38)(H,32,37). The minimum absolute atomic E-state index is 0.00916. The number of nitrogens with zero attached hydrogens (tertiary/aromatic N) is 2. The van der Waals surface area contributed by atoms with Crippen molar-refractivity contribution in [2.24, 2.45) is 5.92 Å². The molecule has 12 nitrogen and oxygen atoms in total. The lowest BCUT2D eigenvalue weighted by Gasteiger charge is -2.27. The monoisotopic (exact) mass is 611 g/mol. The third-order valence-corrected chi connectivity index (χ3v) is 10.9. The number of fused-ring (bicyclic) bond motifs is 3. The van der Waals surface area contributed by atoms with Crippen LogP contribution in [-0.2, 0) is 30.8 Å². The van der Waals surface area contributed by atoms with Crippen LogP contribution in [-0.4, -0.2) is 80.0 Å². The number of hydrogen-bond donors (Lipinski definition) is 3. The van der Waals surface area contributed by atoms with E-state index in [2.05, 4.69) is 15.4 Å². The highest BCUT2D eigenvalue weighted by Crippen LogP contribution is 2.49. The average Bonchev–Trinajstić information content (AvgIpc) is 3.81. The molecular weight excluding hydrogens is 574 g/mol. The highest BCUT2D eigenvalue weighted by atomic mass is 32.2. The Morgan fingerprint density at radius 2 is 2.00 bits per heavy atom. The Morgan fingerprint density at radius 3 is 2.77 bits per heavy atom. The Bertz CT molecular complexity index is 1520. The number of allylic oxidation sites excluding steroid dienone is 1. The summed E-state index contributed by atoms with van der Waals surface area (Å²) in [4.78, 5) is 55.2. The van der Waals surface area contributed by atoms with Crippen LogP contribution in [0.15, 0.2) is 35.9 Å². The molecule has 3 N–H and O–H groups in total. The van der Waals surface area contributed by atoms with Crippen LogP contribution in [0.1, 0.15) is 56.1 Å². The largest absolute Gasteiger partial charge is 0.444 e. The number of carbonyl (C=O) groups is 3. The number of ether oxygens (including phenoxy) is 1. The van der Waals surface area contributed by atoms with Gasteiger partial charge in [0, 0.05) is 19.5 Å². The number of benzene rings is 1. The molecule has 6 rings (SSSR count). The topological polar surface area (TPSA) is 154 Å². The third kappa shape index (κ3) is 5.81. The summed E-state index contributed by atoms with van der Waals surface area (Å²) in [5, 5.41) is 5.05. The Morgan fingerprint density at radius 1 is 1.19 bits per heavy atom. The Kier molecular flexibility index (Phi) is 7.82. The van der Waals surface area contributed by atoms with E-state index in [0.29, 0.717) is 38.8 Å². The molecule has 1 aromatic carbocycles. The van der Waals surface area contributed by atoms with Crippen molar-refractivity contribution in [2.45, 2.75) is 81.3 Å². The molecule has 1 aromatic rings. The minimum atomic E-state index is -3.82. The molecule has 1 saturated heterocycles. The molecular formula is C30H37N5O7S. The summed E-state index contributed by atoms with van der Waals surface area (Å²) < 4.78 is 34.4. The second-order valence-electron chi connectivity index (χ2n) is 12.1. The molecule has 230 valence electrons. The Hall–Kier alpha value is -3.67. The van der Waals surface area contributed by atoms with Gasteiger partial charge < -0.3 is 20.3 Å². The van der Waals surface area contributed by atoms with Crippen LogP contribution >= 0.6 is 0 Å². The van der Waals surface area contributed by atoms with Gasteiger partial charge in [0.25, 0.3) is 0 Å². The maximum Gasteiger partial charge on any atom is 0.414 e. The first-order valence-electron chi connectivity index (χ1n) is 15.0. The predicted octanol–water partition coefficient (Wildman–Crippen LogP) is 2.06. The number of rotatable bonds is 4. The van der Waals surface area contributed by atoms with Gasteiger partial charge in [-0.2, -0.15) is 4.72 Å². The molecule has 3 fully saturated rings. The van der Waals surface area contributed by atoms with Gasteiger partial charge in [0.15, 0.2) is 0 Å². The van der Waals surface area contributed by atoms with Crippen LogP contribution in [0.2, 0.25) is 0 Å². The Labute approximate surface area is 250 Å². The van der Waals surface area contributed by atoms with Crippen LogP contribution < -0.4 is 20.3 Å². The molecule has 0 aromatic heterocycles. The smallest absolute Gasteiger partial charge is 0.414 e. The van der Waals surface area contributed by atoms with Gasteiger partial charge in [0.05, 0.1) is 29.0 Å². The van der Waals surface area contributed by atoms with Crippen molar-refractivity contribution in [3.63, 3.8) is 0 Å². The van der Waals surface area contributed by atoms with Crippen molar-refractivity contribution in [3.8, 4) is 0 Å². The first-order valence-corrected chi connectivity index (χ1v) is 16.6. The van der Waals surface area contributed by atoms with Crippen molar-refractivity contribution in [1.82, 2.24) is 20.3 Å². The third-order valence-electron chi connectivity index (χ3n) is 8.91. The van der Waals surface area contributed by atoms with Gasteiger partial charge >= 0.3 is 12.1 Å². The summed E-state index contributed by atoms with van der Waals surface area (Å²) in [6.45, 7) is 2.88. The molecule has 0 bridgehead atoms. The fourth-order valence-corrected chi connectivity index (χ4v) is 8.03. The molecule has 0 spiro atoms. The molecule has 3 aliphatic heterocycles. The summed E-state index contributed by atoms with van der Waals surface area (Å²) in [6, 6.07) is 4.33. The molecule has 3 heterocycles. The lowest BCUT2D eigenvalue weighted by Crippen LogP contribution is -2.58. The molecule has 5 aliphatic rings. The SMILES string of the molecule is Cc1ccc2c(c1)CCN2C(=O)OC1CC2C(=O)NC3(NS(=O)(=O)C4CC4)C(=C=O)C3C=CCCCCCNC(=O)N2C1. The van der Waals surface area contributed by atoms with Gasteiger partial charge in [0.1, 0.15) is 23.8 Å². The fraction of sp³-hybridized carbons (Fsp3) is 0.567.